The number of hydrogen-bond acceptors (Lipinski definition) is 3. The number of nitrogens with one attached hydrogen (secondary N) is 1. The molecule has 0 aromatic rings. The molecule has 3 nitrogen and oxygen atoms in total. The Morgan fingerprint density at radius 2 is 2.44 bits per heavy atom. The molecule has 0 bridgehead atoms. The molecule has 0 aliphatic heterocycles. The average molecular weight is 171 g/mol. The van der Waals surface area contributed by atoms with Crippen molar-refractivity contribution < 1.29 is 8.76 Å². The third-order valence-corrected chi connectivity index (χ3v) is 2.14. The van der Waals surface area contributed by atoms with Crippen LogP contribution in [0, 0.1) is 0 Å². The van der Waals surface area contributed by atoms with Crippen molar-refractivity contribution in [1.82, 2.24) is 5.32 Å². The van der Waals surface area contributed by atoms with Gasteiger partial charge in [0.2, 0.25) is 0 Å². The highest BCUT2D eigenvalue weighted by atomic mass is 35.5. The van der Waals surface area contributed by atoms with Crippen molar-refractivity contribution in [3.63, 3.8) is 0 Å². The second-order valence-corrected chi connectivity index (χ2v) is 3.44. The lowest BCUT2D eigenvalue weighted by atomic mass is 10.5. The van der Waals surface area contributed by atoms with Crippen molar-refractivity contribution >= 4 is 22.7 Å². The molecule has 0 radical (unpaired) electrons. The highest BCUT2D eigenvalue weighted by Gasteiger charge is 2.01. The molecule has 0 heterocycles. The second kappa shape index (κ2) is 5.17. The number of rotatable bonds is 4. The molecule has 9 heavy (non-hydrogen) atoms. The quantitative estimate of drug-likeness (QED) is 0.479. The lowest BCUT2D eigenvalue weighted by Gasteiger charge is -2.10. The van der Waals surface area contributed by atoms with Crippen LogP contribution in [0.5, 0.6) is 0 Å². The van der Waals surface area contributed by atoms with E-state index in [1.54, 1.807) is 7.05 Å². The SMILES string of the molecule is CNCCC(Cl)S(=O)[O-]. The first-order valence-electron chi connectivity index (χ1n) is 2.55. The smallest absolute Gasteiger partial charge is 0.0967 e. The first-order valence-corrected chi connectivity index (χ1v) is 4.12. The molecule has 0 fully saturated rings. The van der Waals surface area contributed by atoms with Gasteiger partial charge in [0.05, 0.1) is 4.71 Å². The zero-order valence-corrected chi connectivity index (χ0v) is 6.67. The van der Waals surface area contributed by atoms with E-state index in [1.165, 1.54) is 0 Å². The summed E-state index contributed by atoms with van der Waals surface area (Å²) in [5.41, 5.74) is 0. The summed E-state index contributed by atoms with van der Waals surface area (Å²) in [5, 5.41) is 2.80. The van der Waals surface area contributed by atoms with E-state index in [1.807, 2.05) is 0 Å². The van der Waals surface area contributed by atoms with Crippen molar-refractivity contribution in [2.24, 2.45) is 0 Å². The van der Waals surface area contributed by atoms with E-state index in [9.17, 15) is 8.76 Å². The third kappa shape index (κ3) is 4.84. The molecule has 5 heteroatoms. The van der Waals surface area contributed by atoms with Crippen LogP contribution >= 0.6 is 11.6 Å². The van der Waals surface area contributed by atoms with Crippen LogP contribution in [0.3, 0.4) is 0 Å². The number of alkyl halides is 1. The molecule has 0 spiro atoms. The molecule has 1 N–H and O–H groups in total. The standard InChI is InChI=1S/C4H10ClNO2S/c1-6-3-2-4(5)9(7)8/h4,6H,2-3H2,1H3,(H,7,8)/p-1. The van der Waals surface area contributed by atoms with Crippen molar-refractivity contribution in [2.75, 3.05) is 13.6 Å². The summed E-state index contributed by atoms with van der Waals surface area (Å²) >= 11 is 3.21. The van der Waals surface area contributed by atoms with E-state index in [0.717, 1.165) is 0 Å². The Kier molecular flexibility index (Phi) is 5.38. The van der Waals surface area contributed by atoms with Crippen LogP contribution < -0.4 is 5.32 Å². The molecule has 2 atom stereocenters. The van der Waals surface area contributed by atoms with Gasteiger partial charge in [-0.25, -0.2) is 0 Å². The van der Waals surface area contributed by atoms with Crippen LogP contribution in [0.1, 0.15) is 6.42 Å². The fourth-order valence-electron chi connectivity index (χ4n) is 0.354. The Balaban J connectivity index is 3.27. The van der Waals surface area contributed by atoms with E-state index in [2.05, 4.69) is 5.32 Å². The molecule has 0 aromatic carbocycles. The van der Waals surface area contributed by atoms with E-state index in [-0.39, 0.29) is 0 Å². The summed E-state index contributed by atoms with van der Waals surface area (Å²) in [6, 6.07) is 0. The summed E-state index contributed by atoms with van der Waals surface area (Å²) in [7, 11) is 1.75. The fraction of sp³-hybridized carbons (Fsp3) is 1.00. The van der Waals surface area contributed by atoms with E-state index in [0.29, 0.717) is 13.0 Å². The van der Waals surface area contributed by atoms with Crippen LogP contribution in [0.2, 0.25) is 0 Å². The largest absolute Gasteiger partial charge is 0.771 e. The summed E-state index contributed by atoms with van der Waals surface area (Å²) in [5.74, 6) is 0. The first kappa shape index (κ1) is 9.36. The van der Waals surface area contributed by atoms with Crippen molar-refractivity contribution in [1.29, 1.82) is 0 Å². The van der Waals surface area contributed by atoms with Crippen LogP contribution in [0.4, 0.5) is 0 Å². The van der Waals surface area contributed by atoms with Crippen molar-refractivity contribution in [2.45, 2.75) is 11.1 Å². The minimum absolute atomic E-state index is 0.453. The van der Waals surface area contributed by atoms with E-state index in [4.69, 9.17) is 11.6 Å². The van der Waals surface area contributed by atoms with E-state index >= 15 is 0 Å². The highest BCUT2D eigenvalue weighted by molar-refractivity contribution is 7.81. The Hall–Kier alpha value is 0.360. The van der Waals surface area contributed by atoms with Gasteiger partial charge in [0.15, 0.2) is 0 Å². The molecule has 0 saturated heterocycles. The van der Waals surface area contributed by atoms with Gasteiger partial charge in [-0.3, -0.25) is 4.21 Å². The molecule has 0 rings (SSSR count). The van der Waals surface area contributed by atoms with Gasteiger partial charge in [-0.1, -0.05) is 0 Å². The molecule has 0 aliphatic rings. The van der Waals surface area contributed by atoms with Crippen molar-refractivity contribution in [3.05, 3.63) is 0 Å². The number of halogens is 1. The van der Waals surface area contributed by atoms with Gasteiger partial charge in [0.1, 0.15) is 0 Å². The lowest BCUT2D eigenvalue weighted by molar-refractivity contribution is 0.529. The zero-order valence-electron chi connectivity index (χ0n) is 5.09. The minimum atomic E-state index is -2.14. The topological polar surface area (TPSA) is 52.2 Å². The summed E-state index contributed by atoms with van der Waals surface area (Å²) in [6.07, 6.45) is 0.453. The molecule has 0 aliphatic carbocycles. The monoisotopic (exact) mass is 170 g/mol. The predicted octanol–water partition coefficient (Wildman–Crippen LogP) is 0.0399. The second-order valence-electron chi connectivity index (χ2n) is 1.56. The van der Waals surface area contributed by atoms with Gasteiger partial charge >= 0.3 is 0 Å². The predicted molar refractivity (Wildman–Crippen MR) is 37.1 cm³/mol. The Labute approximate surface area is 62.1 Å². The summed E-state index contributed by atoms with van der Waals surface area (Å²) < 4.78 is 19.3. The maximum atomic E-state index is 10.0. The van der Waals surface area contributed by atoms with Gasteiger partial charge in [0.25, 0.3) is 0 Å². The lowest BCUT2D eigenvalue weighted by Crippen LogP contribution is -2.16. The first-order chi connectivity index (χ1) is 4.18. The molecule has 56 valence electrons. The van der Waals surface area contributed by atoms with E-state index < -0.39 is 15.8 Å². The Bertz CT molecular complexity index is 101. The molecule has 0 saturated carbocycles. The van der Waals surface area contributed by atoms with Crippen LogP contribution in [-0.4, -0.2) is 27.1 Å². The Morgan fingerprint density at radius 3 is 2.78 bits per heavy atom. The molecule has 0 aromatic heterocycles. The van der Waals surface area contributed by atoms with Gasteiger partial charge in [-0.2, -0.15) is 0 Å². The summed E-state index contributed by atoms with van der Waals surface area (Å²) in [6.45, 7) is 0.627. The molecular weight excluding hydrogens is 162 g/mol. The van der Waals surface area contributed by atoms with Gasteiger partial charge in [-0.15, -0.1) is 11.6 Å². The van der Waals surface area contributed by atoms with Gasteiger partial charge in [0, 0.05) is 0 Å². The van der Waals surface area contributed by atoms with Gasteiger partial charge < -0.3 is 9.87 Å². The fourth-order valence-corrected chi connectivity index (χ4v) is 0.773. The average Bonchev–Trinajstić information content (AvgIpc) is 1.82. The summed E-state index contributed by atoms with van der Waals surface area (Å²) in [4.78, 5) is 0. The maximum Gasteiger partial charge on any atom is 0.0967 e. The zero-order chi connectivity index (χ0) is 7.28. The minimum Gasteiger partial charge on any atom is -0.771 e. The maximum absolute atomic E-state index is 10.0. The normalized spacial score (nSPS) is 17.2. The van der Waals surface area contributed by atoms with Crippen LogP contribution in [0.15, 0.2) is 0 Å². The van der Waals surface area contributed by atoms with Gasteiger partial charge in [-0.05, 0) is 31.1 Å². The highest BCUT2D eigenvalue weighted by Crippen LogP contribution is 2.03. The number of hydrogen-bond donors (Lipinski definition) is 1. The molecular formula is C4H9ClNO2S-. The van der Waals surface area contributed by atoms with Crippen LogP contribution in [-0.2, 0) is 11.1 Å². The molecule has 2 unspecified atom stereocenters. The molecule has 0 amide bonds. The van der Waals surface area contributed by atoms with Crippen LogP contribution in [0.25, 0.3) is 0 Å². The van der Waals surface area contributed by atoms with Crippen molar-refractivity contribution in [3.8, 4) is 0 Å². The Morgan fingerprint density at radius 1 is 1.89 bits per heavy atom. The third-order valence-electron chi connectivity index (χ3n) is 0.830.